The number of benzene rings is 1. The third-order valence-electron chi connectivity index (χ3n) is 5.39. The number of guanidine groups is 1. The van der Waals surface area contributed by atoms with E-state index >= 15 is 0 Å². The van der Waals surface area contributed by atoms with Crippen molar-refractivity contribution in [2.24, 2.45) is 4.99 Å². The molecule has 146 valence electrons. The number of aryl methyl sites for hydroxylation is 1. The summed E-state index contributed by atoms with van der Waals surface area (Å²) in [6.45, 7) is 5.60. The fourth-order valence-corrected chi connectivity index (χ4v) is 4.50. The Morgan fingerprint density at radius 1 is 1.27 bits per heavy atom. The molecule has 1 unspecified atom stereocenters. The van der Waals surface area contributed by atoms with Crippen molar-refractivity contribution in [2.75, 3.05) is 32.6 Å². The minimum absolute atomic E-state index is 0. The van der Waals surface area contributed by atoms with Gasteiger partial charge in [0, 0.05) is 30.5 Å². The van der Waals surface area contributed by atoms with Crippen LogP contribution in [-0.2, 0) is 17.6 Å². The van der Waals surface area contributed by atoms with Crippen molar-refractivity contribution in [1.82, 2.24) is 10.6 Å². The summed E-state index contributed by atoms with van der Waals surface area (Å²) in [6, 6.07) is 9.28. The molecular formula is C20H32IN3OS. The average molecular weight is 489 g/mol. The number of thioether (sulfide) groups is 1. The van der Waals surface area contributed by atoms with Gasteiger partial charge in [0.1, 0.15) is 0 Å². The van der Waals surface area contributed by atoms with Crippen molar-refractivity contribution in [2.45, 2.75) is 49.8 Å². The highest BCUT2D eigenvalue weighted by Crippen LogP contribution is 2.34. The van der Waals surface area contributed by atoms with Crippen LogP contribution in [0.4, 0.5) is 0 Å². The maximum absolute atomic E-state index is 5.54. The molecule has 6 heteroatoms. The lowest BCUT2D eigenvalue weighted by atomic mass is 9.88. The van der Waals surface area contributed by atoms with Crippen molar-refractivity contribution < 1.29 is 4.74 Å². The van der Waals surface area contributed by atoms with Gasteiger partial charge in [-0.2, -0.15) is 11.8 Å². The zero-order valence-corrected chi connectivity index (χ0v) is 19.1. The summed E-state index contributed by atoms with van der Waals surface area (Å²) < 4.78 is 5.78. The van der Waals surface area contributed by atoms with Gasteiger partial charge in [0.15, 0.2) is 5.96 Å². The first-order valence-electron chi connectivity index (χ1n) is 9.49. The van der Waals surface area contributed by atoms with Gasteiger partial charge in [0.05, 0.1) is 6.54 Å². The van der Waals surface area contributed by atoms with Crippen LogP contribution in [0.1, 0.15) is 37.3 Å². The summed E-state index contributed by atoms with van der Waals surface area (Å²) in [5, 5.41) is 7.11. The second-order valence-electron chi connectivity index (χ2n) is 7.05. The Morgan fingerprint density at radius 2 is 2.00 bits per heavy atom. The Bertz CT molecular complexity index is 590. The minimum Gasteiger partial charge on any atom is -0.381 e. The summed E-state index contributed by atoms with van der Waals surface area (Å²) >= 11 is 1.95. The first kappa shape index (κ1) is 21.8. The van der Waals surface area contributed by atoms with Gasteiger partial charge in [-0.25, -0.2) is 0 Å². The standard InChI is InChI=1S/C20H31N3OS.HI/c1-3-21-19(22-15-20(25-2)10-12-24-13-11-20)23-18-9-8-16-6-4-5-7-17(16)14-18;/h4-7,18H,3,8-15H2,1-2H3,(H2,21,22,23);1H. The molecular weight excluding hydrogens is 457 g/mol. The van der Waals surface area contributed by atoms with Crippen LogP contribution in [0.25, 0.3) is 0 Å². The van der Waals surface area contributed by atoms with E-state index in [-0.39, 0.29) is 28.7 Å². The van der Waals surface area contributed by atoms with Crippen LogP contribution in [0, 0.1) is 0 Å². The third-order valence-corrected chi connectivity index (χ3v) is 6.80. The minimum atomic E-state index is 0. The first-order chi connectivity index (χ1) is 12.2. The van der Waals surface area contributed by atoms with Gasteiger partial charge in [-0.15, -0.1) is 24.0 Å². The van der Waals surface area contributed by atoms with E-state index in [2.05, 4.69) is 48.1 Å². The largest absolute Gasteiger partial charge is 0.381 e. The molecule has 1 aliphatic heterocycles. The molecule has 0 spiro atoms. The second kappa shape index (κ2) is 10.8. The highest BCUT2D eigenvalue weighted by Gasteiger charge is 2.31. The number of aliphatic imine (C=N–C) groups is 1. The van der Waals surface area contributed by atoms with E-state index in [1.807, 2.05) is 11.8 Å². The summed E-state index contributed by atoms with van der Waals surface area (Å²) in [7, 11) is 0. The maximum atomic E-state index is 5.54. The van der Waals surface area contributed by atoms with Crippen LogP contribution >= 0.6 is 35.7 Å². The van der Waals surface area contributed by atoms with Gasteiger partial charge in [0.25, 0.3) is 0 Å². The molecule has 1 heterocycles. The van der Waals surface area contributed by atoms with E-state index in [0.29, 0.717) is 6.04 Å². The Morgan fingerprint density at radius 3 is 2.69 bits per heavy atom. The molecule has 1 fully saturated rings. The molecule has 2 N–H and O–H groups in total. The predicted molar refractivity (Wildman–Crippen MR) is 123 cm³/mol. The summed E-state index contributed by atoms with van der Waals surface area (Å²) in [4.78, 5) is 4.95. The number of halogens is 1. The number of hydrogen-bond donors (Lipinski definition) is 2. The van der Waals surface area contributed by atoms with Crippen LogP contribution < -0.4 is 10.6 Å². The molecule has 0 radical (unpaired) electrons. The van der Waals surface area contributed by atoms with Crippen LogP contribution in [0.5, 0.6) is 0 Å². The summed E-state index contributed by atoms with van der Waals surface area (Å²) in [5.74, 6) is 0.965. The first-order valence-corrected chi connectivity index (χ1v) is 10.7. The van der Waals surface area contributed by atoms with Gasteiger partial charge < -0.3 is 15.4 Å². The van der Waals surface area contributed by atoms with E-state index in [1.165, 1.54) is 17.5 Å². The average Bonchev–Trinajstić information content (AvgIpc) is 2.67. The quantitative estimate of drug-likeness (QED) is 0.377. The lowest BCUT2D eigenvalue weighted by Gasteiger charge is -2.34. The Labute approximate surface area is 179 Å². The Kier molecular flexibility index (Phi) is 9.03. The molecule has 26 heavy (non-hydrogen) atoms. The van der Waals surface area contributed by atoms with Gasteiger partial charge in [-0.1, -0.05) is 24.3 Å². The summed E-state index contributed by atoms with van der Waals surface area (Å²) in [6.07, 6.45) is 7.80. The maximum Gasteiger partial charge on any atom is 0.191 e. The molecule has 1 saturated heterocycles. The monoisotopic (exact) mass is 489 g/mol. The lowest BCUT2D eigenvalue weighted by molar-refractivity contribution is 0.0794. The van der Waals surface area contributed by atoms with E-state index in [1.54, 1.807) is 0 Å². The molecule has 2 aliphatic rings. The topological polar surface area (TPSA) is 45.7 Å². The molecule has 1 aliphatic carbocycles. The number of rotatable bonds is 5. The fourth-order valence-electron chi connectivity index (χ4n) is 3.73. The van der Waals surface area contributed by atoms with E-state index < -0.39 is 0 Å². The highest BCUT2D eigenvalue weighted by atomic mass is 127. The molecule has 0 bridgehead atoms. The number of fused-ring (bicyclic) bond motifs is 1. The van der Waals surface area contributed by atoms with E-state index in [0.717, 1.165) is 57.9 Å². The smallest absolute Gasteiger partial charge is 0.191 e. The van der Waals surface area contributed by atoms with Crippen molar-refractivity contribution in [3.63, 3.8) is 0 Å². The highest BCUT2D eigenvalue weighted by molar-refractivity contribution is 14.0. The van der Waals surface area contributed by atoms with Gasteiger partial charge in [-0.3, -0.25) is 4.99 Å². The summed E-state index contributed by atoms with van der Waals surface area (Å²) in [5.41, 5.74) is 2.98. The van der Waals surface area contributed by atoms with Crippen LogP contribution in [0.2, 0.25) is 0 Å². The Hall–Kier alpha value is -0.470. The molecule has 4 nitrogen and oxygen atoms in total. The number of ether oxygens (including phenoxy) is 1. The Balaban J connectivity index is 0.00000243. The molecule has 3 rings (SSSR count). The second-order valence-corrected chi connectivity index (χ2v) is 8.32. The van der Waals surface area contributed by atoms with Crippen molar-refractivity contribution >= 4 is 41.7 Å². The number of nitrogens with one attached hydrogen (secondary N) is 2. The van der Waals surface area contributed by atoms with Crippen LogP contribution in [0.15, 0.2) is 29.3 Å². The van der Waals surface area contributed by atoms with E-state index in [4.69, 9.17) is 9.73 Å². The van der Waals surface area contributed by atoms with Crippen molar-refractivity contribution in [3.8, 4) is 0 Å². The van der Waals surface area contributed by atoms with Crippen molar-refractivity contribution in [1.29, 1.82) is 0 Å². The molecule has 0 saturated carbocycles. The van der Waals surface area contributed by atoms with Crippen molar-refractivity contribution in [3.05, 3.63) is 35.4 Å². The fraction of sp³-hybridized carbons (Fsp3) is 0.650. The van der Waals surface area contributed by atoms with Crippen LogP contribution in [0.3, 0.4) is 0 Å². The van der Waals surface area contributed by atoms with E-state index in [9.17, 15) is 0 Å². The molecule has 1 atom stereocenters. The number of hydrogen-bond acceptors (Lipinski definition) is 3. The zero-order valence-electron chi connectivity index (χ0n) is 15.9. The zero-order chi connectivity index (χ0) is 17.5. The normalized spacial score (nSPS) is 22.1. The molecule has 0 amide bonds. The SMILES string of the molecule is CCNC(=NCC1(SC)CCOCC1)NC1CCc2ccccc2C1.I. The van der Waals surface area contributed by atoms with Crippen LogP contribution in [-0.4, -0.2) is 49.3 Å². The molecule has 0 aromatic heterocycles. The lowest BCUT2D eigenvalue weighted by Crippen LogP contribution is -2.46. The number of nitrogens with zero attached hydrogens (tertiary/aromatic N) is 1. The molecule has 1 aromatic carbocycles. The third kappa shape index (κ3) is 5.76. The van der Waals surface area contributed by atoms with Gasteiger partial charge >= 0.3 is 0 Å². The van der Waals surface area contributed by atoms with Gasteiger partial charge in [0.2, 0.25) is 0 Å². The van der Waals surface area contributed by atoms with Gasteiger partial charge in [-0.05, 0) is 56.4 Å². The predicted octanol–water partition coefficient (Wildman–Crippen LogP) is 3.63. The molecule has 1 aromatic rings.